The summed E-state index contributed by atoms with van der Waals surface area (Å²) < 4.78 is 0. The molecule has 0 radical (unpaired) electrons. The number of pyridine rings is 1. The third-order valence-corrected chi connectivity index (χ3v) is 3.50. The molecule has 0 bridgehead atoms. The Morgan fingerprint density at radius 1 is 1.09 bits per heavy atom. The monoisotopic (exact) mass is 314 g/mol. The van der Waals surface area contributed by atoms with Gasteiger partial charge in [-0.05, 0) is 30.3 Å². The maximum absolute atomic E-state index is 12.0. The predicted octanol–water partition coefficient (Wildman–Crippen LogP) is 3.62. The highest BCUT2D eigenvalue weighted by molar-refractivity contribution is 6.30. The lowest BCUT2D eigenvalue weighted by atomic mass is 10.1. The molecule has 0 saturated heterocycles. The van der Waals surface area contributed by atoms with E-state index < -0.39 is 11.5 Å². The third-order valence-electron chi connectivity index (χ3n) is 3.25. The molecular formula is C16H11ClN2O3. The maximum atomic E-state index is 12.0. The van der Waals surface area contributed by atoms with Crippen molar-refractivity contribution in [1.82, 2.24) is 4.98 Å². The summed E-state index contributed by atoms with van der Waals surface area (Å²) in [7, 11) is 0. The lowest BCUT2D eigenvalue weighted by molar-refractivity contribution is 0.0696. The number of halogens is 1. The Hall–Kier alpha value is -2.79. The Morgan fingerprint density at radius 2 is 1.77 bits per heavy atom. The van der Waals surface area contributed by atoms with Crippen LogP contribution in [-0.4, -0.2) is 16.1 Å². The number of aromatic nitrogens is 1. The van der Waals surface area contributed by atoms with Crippen LogP contribution in [0.4, 0.5) is 11.4 Å². The van der Waals surface area contributed by atoms with Gasteiger partial charge < -0.3 is 15.4 Å². The van der Waals surface area contributed by atoms with Crippen LogP contribution >= 0.6 is 11.6 Å². The van der Waals surface area contributed by atoms with Crippen LogP contribution in [0.3, 0.4) is 0 Å². The van der Waals surface area contributed by atoms with Crippen molar-refractivity contribution in [2.24, 2.45) is 0 Å². The van der Waals surface area contributed by atoms with E-state index in [0.717, 1.165) is 0 Å². The highest BCUT2D eigenvalue weighted by Crippen LogP contribution is 2.27. The van der Waals surface area contributed by atoms with Crippen LogP contribution in [-0.2, 0) is 0 Å². The van der Waals surface area contributed by atoms with E-state index in [1.54, 1.807) is 48.5 Å². The number of H-pyrrole nitrogens is 1. The summed E-state index contributed by atoms with van der Waals surface area (Å²) in [5.74, 6) is -1.29. The second kappa shape index (κ2) is 5.54. The highest BCUT2D eigenvalue weighted by Gasteiger charge is 2.18. The summed E-state index contributed by atoms with van der Waals surface area (Å²) in [6.45, 7) is 0. The van der Waals surface area contributed by atoms with E-state index in [9.17, 15) is 14.7 Å². The van der Waals surface area contributed by atoms with Gasteiger partial charge in [0.25, 0.3) is 5.56 Å². The minimum absolute atomic E-state index is 0.258. The van der Waals surface area contributed by atoms with E-state index in [1.165, 1.54) is 0 Å². The molecule has 0 spiro atoms. The molecule has 5 nitrogen and oxygen atoms in total. The van der Waals surface area contributed by atoms with Crippen LogP contribution in [0.1, 0.15) is 10.4 Å². The molecule has 0 saturated carbocycles. The fraction of sp³-hybridized carbons (Fsp3) is 0. The van der Waals surface area contributed by atoms with Gasteiger partial charge in [0.05, 0.1) is 11.2 Å². The first-order chi connectivity index (χ1) is 10.6. The molecule has 0 atom stereocenters. The first-order valence-corrected chi connectivity index (χ1v) is 6.85. The van der Waals surface area contributed by atoms with Crippen molar-refractivity contribution < 1.29 is 9.90 Å². The molecule has 0 aliphatic carbocycles. The lowest BCUT2D eigenvalue weighted by Crippen LogP contribution is -2.20. The molecule has 3 N–H and O–H groups in total. The van der Waals surface area contributed by atoms with Crippen LogP contribution in [0.25, 0.3) is 10.9 Å². The van der Waals surface area contributed by atoms with E-state index in [4.69, 9.17) is 11.6 Å². The molecule has 1 heterocycles. The highest BCUT2D eigenvalue weighted by atomic mass is 35.5. The average Bonchev–Trinajstić information content (AvgIpc) is 2.49. The Balaban J connectivity index is 2.25. The van der Waals surface area contributed by atoms with Gasteiger partial charge >= 0.3 is 5.97 Å². The number of hydrogen-bond acceptors (Lipinski definition) is 3. The minimum atomic E-state index is -1.29. The number of nitrogens with one attached hydrogen (secondary N) is 2. The summed E-state index contributed by atoms with van der Waals surface area (Å²) in [5, 5.41) is 13.5. The van der Waals surface area contributed by atoms with Crippen LogP contribution in [0.5, 0.6) is 0 Å². The minimum Gasteiger partial charge on any atom is -0.477 e. The Kier molecular flexibility index (Phi) is 3.56. The Bertz CT molecular complexity index is 917. The molecule has 1 aromatic heterocycles. The molecule has 3 rings (SSSR count). The number of carbonyl (C=O) groups is 1. The van der Waals surface area contributed by atoms with Crippen molar-refractivity contribution in [3.63, 3.8) is 0 Å². The van der Waals surface area contributed by atoms with Gasteiger partial charge in [-0.1, -0.05) is 29.8 Å². The number of hydrogen-bond donors (Lipinski definition) is 3. The number of para-hydroxylation sites is 1. The Morgan fingerprint density at radius 3 is 2.45 bits per heavy atom. The summed E-state index contributed by atoms with van der Waals surface area (Å²) in [5.41, 5.74) is 0.488. The first-order valence-electron chi connectivity index (χ1n) is 6.47. The van der Waals surface area contributed by atoms with E-state index in [-0.39, 0.29) is 11.3 Å². The summed E-state index contributed by atoms with van der Waals surface area (Å²) in [6, 6.07) is 13.8. The number of carboxylic acid groups (broad SMARTS) is 1. The fourth-order valence-corrected chi connectivity index (χ4v) is 2.38. The zero-order valence-electron chi connectivity index (χ0n) is 11.3. The van der Waals surface area contributed by atoms with Crippen molar-refractivity contribution >= 4 is 39.8 Å². The molecule has 22 heavy (non-hydrogen) atoms. The van der Waals surface area contributed by atoms with Crippen molar-refractivity contribution in [3.8, 4) is 0 Å². The summed E-state index contributed by atoms with van der Waals surface area (Å²) in [4.78, 5) is 26.1. The summed E-state index contributed by atoms with van der Waals surface area (Å²) in [6.07, 6.45) is 0. The number of aromatic amines is 1. The molecule has 110 valence electrons. The number of benzene rings is 2. The quantitative estimate of drug-likeness (QED) is 0.689. The van der Waals surface area contributed by atoms with Crippen molar-refractivity contribution in [2.45, 2.75) is 0 Å². The molecule has 3 aromatic rings. The topological polar surface area (TPSA) is 82.2 Å². The van der Waals surface area contributed by atoms with Gasteiger partial charge in [-0.2, -0.15) is 0 Å². The fourth-order valence-electron chi connectivity index (χ4n) is 2.25. The third kappa shape index (κ3) is 2.54. The molecule has 0 aliphatic heterocycles. The summed E-state index contributed by atoms with van der Waals surface area (Å²) >= 11 is 5.84. The maximum Gasteiger partial charge on any atom is 0.343 e. The van der Waals surface area contributed by atoms with Crippen LogP contribution in [0, 0.1) is 0 Å². The van der Waals surface area contributed by atoms with E-state index in [2.05, 4.69) is 10.3 Å². The van der Waals surface area contributed by atoms with E-state index >= 15 is 0 Å². The van der Waals surface area contributed by atoms with Crippen LogP contribution in [0.15, 0.2) is 53.3 Å². The van der Waals surface area contributed by atoms with Gasteiger partial charge in [0.2, 0.25) is 0 Å². The van der Waals surface area contributed by atoms with Gasteiger partial charge in [0.1, 0.15) is 5.56 Å². The number of anilines is 2. The van der Waals surface area contributed by atoms with Crippen molar-refractivity contribution in [3.05, 3.63) is 69.5 Å². The van der Waals surface area contributed by atoms with E-state index in [0.29, 0.717) is 21.6 Å². The second-order valence-corrected chi connectivity index (χ2v) is 5.12. The normalized spacial score (nSPS) is 10.6. The molecule has 0 aliphatic rings. The van der Waals surface area contributed by atoms with Gasteiger partial charge in [0, 0.05) is 16.1 Å². The zero-order valence-corrected chi connectivity index (χ0v) is 12.0. The number of fused-ring (bicyclic) bond motifs is 1. The zero-order chi connectivity index (χ0) is 15.7. The lowest BCUT2D eigenvalue weighted by Gasteiger charge is -2.12. The molecule has 0 fully saturated rings. The second-order valence-electron chi connectivity index (χ2n) is 4.69. The van der Waals surface area contributed by atoms with Crippen molar-refractivity contribution in [1.29, 1.82) is 0 Å². The van der Waals surface area contributed by atoms with E-state index in [1.807, 2.05) is 0 Å². The van der Waals surface area contributed by atoms with Gasteiger partial charge in [-0.25, -0.2) is 4.79 Å². The van der Waals surface area contributed by atoms with Crippen molar-refractivity contribution in [2.75, 3.05) is 5.32 Å². The van der Waals surface area contributed by atoms with Gasteiger partial charge in [0.15, 0.2) is 0 Å². The van der Waals surface area contributed by atoms with Crippen LogP contribution < -0.4 is 10.9 Å². The van der Waals surface area contributed by atoms with Gasteiger partial charge in [-0.15, -0.1) is 0 Å². The Labute approximate surface area is 130 Å². The number of aromatic carboxylic acids is 1. The molecule has 2 aromatic carbocycles. The number of rotatable bonds is 3. The molecular weight excluding hydrogens is 304 g/mol. The predicted molar refractivity (Wildman–Crippen MR) is 86.3 cm³/mol. The van der Waals surface area contributed by atoms with Gasteiger partial charge in [-0.3, -0.25) is 4.79 Å². The van der Waals surface area contributed by atoms with Crippen LogP contribution in [0.2, 0.25) is 5.02 Å². The first kappa shape index (κ1) is 14.2. The molecule has 0 amide bonds. The molecule has 6 heteroatoms. The average molecular weight is 315 g/mol. The molecule has 0 unspecified atom stereocenters. The SMILES string of the molecule is O=C(O)c1c(Nc2ccc(Cl)cc2)c2ccccc2[nH]c1=O. The standard InChI is InChI=1S/C16H11ClN2O3/c17-9-5-7-10(8-6-9)18-14-11-3-1-2-4-12(11)19-15(20)13(14)16(21)22/h1-8H,(H,21,22)(H2,18,19,20). The smallest absolute Gasteiger partial charge is 0.343 e. The largest absolute Gasteiger partial charge is 0.477 e. The number of carboxylic acids is 1.